The summed E-state index contributed by atoms with van der Waals surface area (Å²) in [6, 6.07) is 11.1. The van der Waals surface area contributed by atoms with Gasteiger partial charge < -0.3 is 5.73 Å². The van der Waals surface area contributed by atoms with Crippen LogP contribution in [0, 0.1) is 11.2 Å². The fourth-order valence-corrected chi connectivity index (χ4v) is 2.12. The SMILES string of the molecule is CC(C)(CN)CCc1ccc(F)c2ccccc12. The van der Waals surface area contributed by atoms with Crippen molar-refractivity contribution in [2.75, 3.05) is 6.54 Å². The summed E-state index contributed by atoms with van der Waals surface area (Å²) >= 11 is 0. The fraction of sp³-hybridized carbons (Fsp3) is 0.375. The highest BCUT2D eigenvalue weighted by atomic mass is 19.1. The number of rotatable bonds is 4. The van der Waals surface area contributed by atoms with Crippen LogP contribution in [0.1, 0.15) is 25.8 Å². The Kier molecular flexibility index (Phi) is 3.67. The van der Waals surface area contributed by atoms with Gasteiger partial charge in [-0.05, 0) is 41.8 Å². The van der Waals surface area contributed by atoms with Crippen LogP contribution >= 0.6 is 0 Å². The second-order valence-electron chi connectivity index (χ2n) is 5.62. The third-order valence-electron chi connectivity index (χ3n) is 3.58. The molecule has 0 aliphatic carbocycles. The highest BCUT2D eigenvalue weighted by molar-refractivity contribution is 5.86. The third kappa shape index (κ3) is 2.70. The van der Waals surface area contributed by atoms with Crippen LogP contribution in [0.15, 0.2) is 36.4 Å². The number of hydrogen-bond acceptors (Lipinski definition) is 1. The van der Waals surface area contributed by atoms with Gasteiger partial charge in [0, 0.05) is 5.39 Å². The number of benzene rings is 2. The predicted molar refractivity (Wildman–Crippen MR) is 75.1 cm³/mol. The first-order valence-electron chi connectivity index (χ1n) is 6.40. The van der Waals surface area contributed by atoms with Crippen LogP contribution in [-0.2, 0) is 6.42 Å². The van der Waals surface area contributed by atoms with Gasteiger partial charge in [-0.2, -0.15) is 0 Å². The van der Waals surface area contributed by atoms with Gasteiger partial charge in [-0.15, -0.1) is 0 Å². The molecule has 0 saturated carbocycles. The second kappa shape index (κ2) is 5.07. The molecule has 0 bridgehead atoms. The Morgan fingerprint density at radius 3 is 2.39 bits per heavy atom. The molecular weight excluding hydrogens is 225 g/mol. The standard InChI is InChI=1S/C16H20FN/c1-16(2,11-18)10-9-12-7-8-15(17)14-6-4-3-5-13(12)14/h3-8H,9-11,18H2,1-2H3. The second-order valence-corrected chi connectivity index (χ2v) is 5.62. The Morgan fingerprint density at radius 1 is 1.06 bits per heavy atom. The Bertz CT molecular complexity index is 546. The molecule has 0 amide bonds. The van der Waals surface area contributed by atoms with E-state index < -0.39 is 0 Å². The van der Waals surface area contributed by atoms with Crippen molar-refractivity contribution in [3.8, 4) is 0 Å². The minimum atomic E-state index is -0.146. The van der Waals surface area contributed by atoms with Crippen molar-refractivity contribution >= 4 is 10.8 Å². The Balaban J connectivity index is 2.32. The first-order valence-corrected chi connectivity index (χ1v) is 6.40. The lowest BCUT2D eigenvalue weighted by atomic mass is 9.85. The van der Waals surface area contributed by atoms with Crippen LogP contribution < -0.4 is 5.73 Å². The quantitative estimate of drug-likeness (QED) is 0.868. The summed E-state index contributed by atoms with van der Waals surface area (Å²) in [6.45, 7) is 5.00. The Labute approximate surface area is 108 Å². The normalized spacial score (nSPS) is 12.0. The van der Waals surface area contributed by atoms with E-state index in [1.54, 1.807) is 6.07 Å². The minimum absolute atomic E-state index is 0.134. The lowest BCUT2D eigenvalue weighted by Crippen LogP contribution is -2.24. The molecule has 96 valence electrons. The molecule has 1 nitrogen and oxygen atoms in total. The maximum absolute atomic E-state index is 13.7. The lowest BCUT2D eigenvalue weighted by molar-refractivity contribution is 0.348. The molecule has 0 aliphatic heterocycles. The minimum Gasteiger partial charge on any atom is -0.330 e. The van der Waals surface area contributed by atoms with E-state index in [0.717, 1.165) is 18.2 Å². The van der Waals surface area contributed by atoms with Crippen LogP contribution in [0.3, 0.4) is 0 Å². The molecule has 0 unspecified atom stereocenters. The topological polar surface area (TPSA) is 26.0 Å². The van der Waals surface area contributed by atoms with Gasteiger partial charge >= 0.3 is 0 Å². The summed E-state index contributed by atoms with van der Waals surface area (Å²) in [6.07, 6.45) is 1.95. The van der Waals surface area contributed by atoms with Gasteiger partial charge in [0.05, 0.1) is 0 Å². The Hall–Kier alpha value is -1.41. The number of hydrogen-bond donors (Lipinski definition) is 1. The molecule has 0 aliphatic rings. The predicted octanol–water partition coefficient (Wildman–Crippen LogP) is 3.90. The number of nitrogens with two attached hydrogens (primary N) is 1. The van der Waals surface area contributed by atoms with E-state index in [0.29, 0.717) is 11.9 Å². The van der Waals surface area contributed by atoms with Gasteiger partial charge in [0.15, 0.2) is 0 Å². The molecule has 2 heteroatoms. The molecule has 2 N–H and O–H groups in total. The van der Waals surface area contributed by atoms with Crippen LogP contribution in [0.2, 0.25) is 0 Å². The zero-order valence-electron chi connectivity index (χ0n) is 11.0. The summed E-state index contributed by atoms with van der Waals surface area (Å²) < 4.78 is 13.7. The van der Waals surface area contributed by atoms with Crippen molar-refractivity contribution in [2.24, 2.45) is 11.1 Å². The molecular formula is C16H20FN. The summed E-state index contributed by atoms with van der Waals surface area (Å²) in [5, 5.41) is 1.73. The van der Waals surface area contributed by atoms with Crippen molar-refractivity contribution in [1.82, 2.24) is 0 Å². The van der Waals surface area contributed by atoms with Crippen LogP contribution in [0.25, 0.3) is 10.8 Å². The van der Waals surface area contributed by atoms with Crippen molar-refractivity contribution < 1.29 is 4.39 Å². The maximum atomic E-state index is 13.7. The van der Waals surface area contributed by atoms with E-state index in [9.17, 15) is 4.39 Å². The van der Waals surface area contributed by atoms with E-state index in [2.05, 4.69) is 13.8 Å². The molecule has 0 atom stereocenters. The lowest BCUT2D eigenvalue weighted by Gasteiger charge is -2.22. The van der Waals surface area contributed by atoms with Gasteiger partial charge in [0.2, 0.25) is 0 Å². The van der Waals surface area contributed by atoms with Crippen LogP contribution in [0.4, 0.5) is 4.39 Å². The molecule has 0 saturated heterocycles. The van der Waals surface area contributed by atoms with E-state index in [1.807, 2.05) is 30.3 Å². The largest absolute Gasteiger partial charge is 0.330 e. The van der Waals surface area contributed by atoms with Crippen LogP contribution in [-0.4, -0.2) is 6.54 Å². The summed E-state index contributed by atoms with van der Waals surface area (Å²) in [5.74, 6) is -0.146. The number of fused-ring (bicyclic) bond motifs is 1. The zero-order valence-corrected chi connectivity index (χ0v) is 11.0. The van der Waals surface area contributed by atoms with E-state index in [4.69, 9.17) is 5.73 Å². The van der Waals surface area contributed by atoms with Crippen LogP contribution in [0.5, 0.6) is 0 Å². The van der Waals surface area contributed by atoms with Crippen molar-refractivity contribution in [3.05, 3.63) is 47.8 Å². The van der Waals surface area contributed by atoms with E-state index in [-0.39, 0.29) is 11.2 Å². The molecule has 0 radical (unpaired) electrons. The van der Waals surface area contributed by atoms with Crippen molar-refractivity contribution in [3.63, 3.8) is 0 Å². The van der Waals surface area contributed by atoms with E-state index in [1.165, 1.54) is 5.56 Å². The molecule has 0 heterocycles. The molecule has 0 spiro atoms. The molecule has 2 aromatic carbocycles. The number of halogens is 1. The molecule has 2 aromatic rings. The third-order valence-corrected chi connectivity index (χ3v) is 3.58. The first kappa shape index (κ1) is 13.0. The average Bonchev–Trinajstić information content (AvgIpc) is 2.38. The molecule has 18 heavy (non-hydrogen) atoms. The number of aryl methyl sites for hydroxylation is 1. The fourth-order valence-electron chi connectivity index (χ4n) is 2.12. The summed E-state index contributed by atoms with van der Waals surface area (Å²) in [5.41, 5.74) is 7.08. The zero-order chi connectivity index (χ0) is 13.2. The molecule has 2 rings (SSSR count). The van der Waals surface area contributed by atoms with Gasteiger partial charge in [-0.1, -0.05) is 44.2 Å². The average molecular weight is 245 g/mol. The van der Waals surface area contributed by atoms with Gasteiger partial charge in [-0.25, -0.2) is 4.39 Å². The molecule has 0 fully saturated rings. The van der Waals surface area contributed by atoms with Crippen molar-refractivity contribution in [2.45, 2.75) is 26.7 Å². The first-order chi connectivity index (χ1) is 8.53. The highest BCUT2D eigenvalue weighted by Gasteiger charge is 2.16. The monoisotopic (exact) mass is 245 g/mol. The Morgan fingerprint density at radius 2 is 1.72 bits per heavy atom. The van der Waals surface area contributed by atoms with Crippen molar-refractivity contribution in [1.29, 1.82) is 0 Å². The summed E-state index contributed by atoms with van der Waals surface area (Å²) in [4.78, 5) is 0. The highest BCUT2D eigenvalue weighted by Crippen LogP contribution is 2.26. The smallest absolute Gasteiger partial charge is 0.131 e. The maximum Gasteiger partial charge on any atom is 0.131 e. The van der Waals surface area contributed by atoms with Gasteiger partial charge in [0.25, 0.3) is 0 Å². The summed E-state index contributed by atoms with van der Waals surface area (Å²) in [7, 11) is 0. The van der Waals surface area contributed by atoms with Gasteiger partial charge in [0.1, 0.15) is 5.82 Å². The molecule has 0 aromatic heterocycles. The van der Waals surface area contributed by atoms with Gasteiger partial charge in [-0.3, -0.25) is 0 Å². The van der Waals surface area contributed by atoms with E-state index >= 15 is 0 Å².